The Morgan fingerprint density at radius 3 is 2.63 bits per heavy atom. The minimum atomic E-state index is -0.271. The van der Waals surface area contributed by atoms with Crippen molar-refractivity contribution in [3.8, 4) is 5.88 Å². The topological polar surface area (TPSA) is 65.3 Å². The van der Waals surface area contributed by atoms with Gasteiger partial charge in [-0.2, -0.15) is 0 Å². The van der Waals surface area contributed by atoms with Crippen LogP contribution in [0.25, 0.3) is 0 Å². The van der Waals surface area contributed by atoms with Crippen LogP contribution >= 0.6 is 0 Å². The van der Waals surface area contributed by atoms with Gasteiger partial charge in [0, 0.05) is 12.6 Å². The third-order valence-corrected chi connectivity index (χ3v) is 2.47. The quantitative estimate of drug-likeness (QED) is 0.643. The van der Waals surface area contributed by atoms with E-state index in [1.54, 1.807) is 12.1 Å². The van der Waals surface area contributed by atoms with Gasteiger partial charge in [0.05, 0.1) is 6.07 Å². The molecule has 0 aliphatic rings. The molecular formula is C14H14N2O3. The van der Waals surface area contributed by atoms with Crippen molar-refractivity contribution in [2.24, 2.45) is 0 Å². The van der Waals surface area contributed by atoms with Crippen molar-refractivity contribution in [1.82, 2.24) is 5.32 Å². The summed E-state index contributed by atoms with van der Waals surface area (Å²) in [5.41, 5.74) is 1.01. The van der Waals surface area contributed by atoms with Gasteiger partial charge in [0.15, 0.2) is 12.8 Å². The van der Waals surface area contributed by atoms with E-state index in [4.69, 9.17) is 4.74 Å². The lowest BCUT2D eigenvalue weighted by Gasteiger charge is -2.07. The molecule has 1 amide bonds. The average Bonchev–Trinajstić information content (AvgIpc) is 2.45. The van der Waals surface area contributed by atoms with Crippen LogP contribution in [0.15, 0.2) is 54.7 Å². The molecule has 2 aromatic rings. The molecule has 0 saturated carbocycles. The molecule has 1 aromatic heterocycles. The maximum absolute atomic E-state index is 11.6. The molecule has 5 heteroatoms. The molecule has 0 fully saturated rings. The maximum atomic E-state index is 11.6. The van der Waals surface area contributed by atoms with E-state index in [0.717, 1.165) is 5.56 Å². The fourth-order valence-electron chi connectivity index (χ4n) is 1.51. The first-order valence-electron chi connectivity index (χ1n) is 5.87. The van der Waals surface area contributed by atoms with E-state index in [1.165, 1.54) is 12.3 Å². The number of hydrogen-bond donors (Lipinski definition) is 1. The van der Waals surface area contributed by atoms with Crippen LogP contribution in [-0.4, -0.2) is 12.5 Å². The third kappa shape index (κ3) is 3.99. The van der Waals surface area contributed by atoms with Crippen LogP contribution in [0.4, 0.5) is 0 Å². The zero-order valence-electron chi connectivity index (χ0n) is 10.3. The number of hydrogen-bond acceptors (Lipinski definition) is 3. The molecule has 98 valence electrons. The van der Waals surface area contributed by atoms with Crippen LogP contribution in [0.2, 0.25) is 0 Å². The van der Waals surface area contributed by atoms with Crippen LogP contribution in [0, 0.1) is 5.21 Å². The summed E-state index contributed by atoms with van der Waals surface area (Å²) in [6, 6.07) is 14.3. The van der Waals surface area contributed by atoms with E-state index in [-0.39, 0.29) is 18.4 Å². The maximum Gasteiger partial charge on any atom is 0.379 e. The molecule has 1 N–H and O–H groups in total. The monoisotopic (exact) mass is 258 g/mol. The number of carbonyl (C=O) groups is 1. The summed E-state index contributed by atoms with van der Waals surface area (Å²) in [6.45, 7) is 0.258. The first-order valence-corrected chi connectivity index (χ1v) is 5.87. The van der Waals surface area contributed by atoms with Gasteiger partial charge in [-0.05, 0) is 11.6 Å². The summed E-state index contributed by atoms with van der Waals surface area (Å²) in [4.78, 5) is 11.6. The summed E-state index contributed by atoms with van der Waals surface area (Å²) in [5.74, 6) is -0.162. The van der Waals surface area contributed by atoms with E-state index >= 15 is 0 Å². The summed E-state index contributed by atoms with van der Waals surface area (Å²) in [5, 5.41) is 14.0. The lowest BCUT2D eigenvalue weighted by atomic mass is 10.2. The fraction of sp³-hybridized carbons (Fsp3) is 0.143. The highest BCUT2D eigenvalue weighted by molar-refractivity contribution is 5.77. The van der Waals surface area contributed by atoms with Crippen molar-refractivity contribution in [2.75, 3.05) is 6.61 Å². The lowest BCUT2D eigenvalue weighted by Crippen LogP contribution is -2.33. The zero-order valence-corrected chi connectivity index (χ0v) is 10.3. The third-order valence-electron chi connectivity index (χ3n) is 2.47. The Morgan fingerprint density at radius 2 is 1.89 bits per heavy atom. The van der Waals surface area contributed by atoms with Crippen LogP contribution in [0.1, 0.15) is 5.56 Å². The van der Waals surface area contributed by atoms with E-state index < -0.39 is 0 Å². The fourth-order valence-corrected chi connectivity index (χ4v) is 1.51. The molecule has 1 aromatic carbocycles. The minimum Gasteiger partial charge on any atom is -0.616 e. The second kappa shape index (κ2) is 6.39. The van der Waals surface area contributed by atoms with Gasteiger partial charge in [0.2, 0.25) is 0 Å². The van der Waals surface area contributed by atoms with Crippen LogP contribution in [0.5, 0.6) is 5.88 Å². The molecule has 1 heterocycles. The Kier molecular flexibility index (Phi) is 4.34. The molecule has 19 heavy (non-hydrogen) atoms. The van der Waals surface area contributed by atoms with Gasteiger partial charge in [-0.3, -0.25) is 4.79 Å². The number of carbonyl (C=O) groups excluding carboxylic acids is 1. The second-order valence-corrected chi connectivity index (χ2v) is 3.92. The van der Waals surface area contributed by atoms with Crippen molar-refractivity contribution in [3.05, 3.63) is 65.5 Å². The zero-order chi connectivity index (χ0) is 13.5. The van der Waals surface area contributed by atoms with Crippen LogP contribution in [-0.2, 0) is 11.3 Å². The predicted molar refractivity (Wildman–Crippen MR) is 69.2 cm³/mol. The number of pyridine rings is 1. The van der Waals surface area contributed by atoms with Crippen molar-refractivity contribution in [3.63, 3.8) is 0 Å². The van der Waals surface area contributed by atoms with E-state index in [9.17, 15) is 10.0 Å². The van der Waals surface area contributed by atoms with Gasteiger partial charge >= 0.3 is 5.88 Å². The number of nitrogens with zero attached hydrogens (tertiary/aromatic N) is 1. The first kappa shape index (κ1) is 12.9. The van der Waals surface area contributed by atoms with Gasteiger partial charge in [0.25, 0.3) is 5.91 Å². The molecule has 0 unspecified atom stereocenters. The summed E-state index contributed by atoms with van der Waals surface area (Å²) in [6.07, 6.45) is 1.32. The number of ether oxygens (including phenoxy) is 1. The minimum absolute atomic E-state index is 0.109. The molecule has 5 nitrogen and oxygen atoms in total. The molecular weight excluding hydrogens is 244 g/mol. The molecule has 0 spiro atoms. The van der Waals surface area contributed by atoms with E-state index in [0.29, 0.717) is 11.3 Å². The molecule has 0 bridgehead atoms. The van der Waals surface area contributed by atoms with Crippen LogP contribution in [0.3, 0.4) is 0 Å². The van der Waals surface area contributed by atoms with Crippen molar-refractivity contribution in [1.29, 1.82) is 0 Å². The van der Waals surface area contributed by atoms with E-state index in [2.05, 4.69) is 5.32 Å². The second-order valence-electron chi connectivity index (χ2n) is 3.92. The molecule has 0 aliphatic heterocycles. The number of nitrogens with one attached hydrogen (secondary N) is 1. The predicted octanol–water partition coefficient (Wildman–Crippen LogP) is 1.02. The highest BCUT2D eigenvalue weighted by atomic mass is 16.6. The molecule has 0 atom stereocenters. The van der Waals surface area contributed by atoms with E-state index in [1.807, 2.05) is 30.3 Å². The Balaban J connectivity index is 1.78. The number of aromatic nitrogens is 1. The van der Waals surface area contributed by atoms with Gasteiger partial charge in [0.1, 0.15) is 0 Å². The highest BCUT2D eigenvalue weighted by Crippen LogP contribution is 2.00. The summed E-state index contributed by atoms with van der Waals surface area (Å²) in [7, 11) is 0. The normalized spacial score (nSPS) is 9.89. The van der Waals surface area contributed by atoms with Gasteiger partial charge < -0.3 is 15.3 Å². The molecule has 0 radical (unpaired) electrons. The Hall–Kier alpha value is -2.56. The highest BCUT2D eigenvalue weighted by Gasteiger charge is 2.08. The standard InChI is InChI=1S/C14H14N2O3/c17-13(15-10-12-6-2-1-3-7-12)11-19-14-8-4-5-9-16(14)18/h1-9H,10-11H2,(H,15,17). The van der Waals surface area contributed by atoms with Crippen molar-refractivity contribution < 1.29 is 14.3 Å². The number of rotatable bonds is 5. The number of benzene rings is 1. The summed E-state index contributed by atoms with van der Waals surface area (Å²) < 4.78 is 5.70. The first-order chi connectivity index (χ1) is 9.25. The lowest BCUT2D eigenvalue weighted by molar-refractivity contribution is -0.612. The SMILES string of the molecule is O=C(COc1cccc[n+]1[O-])NCc1ccccc1. The Morgan fingerprint density at radius 1 is 1.16 bits per heavy atom. The van der Waals surface area contributed by atoms with Gasteiger partial charge in [-0.1, -0.05) is 30.3 Å². The summed E-state index contributed by atoms with van der Waals surface area (Å²) >= 11 is 0. The molecule has 2 rings (SSSR count). The number of amides is 1. The van der Waals surface area contributed by atoms with Crippen LogP contribution < -0.4 is 14.8 Å². The molecule has 0 saturated heterocycles. The smallest absolute Gasteiger partial charge is 0.379 e. The Bertz CT molecular complexity index is 543. The largest absolute Gasteiger partial charge is 0.616 e. The Labute approximate surface area is 111 Å². The average molecular weight is 258 g/mol. The van der Waals surface area contributed by atoms with Crippen molar-refractivity contribution >= 4 is 5.91 Å². The van der Waals surface area contributed by atoms with Crippen molar-refractivity contribution in [2.45, 2.75) is 6.54 Å². The molecule has 0 aliphatic carbocycles. The van der Waals surface area contributed by atoms with Gasteiger partial charge in [-0.25, -0.2) is 0 Å². The van der Waals surface area contributed by atoms with Gasteiger partial charge in [-0.15, -0.1) is 4.73 Å².